The highest BCUT2D eigenvalue weighted by molar-refractivity contribution is 7.00. The first-order chi connectivity index (χ1) is 21.0. The third kappa shape index (κ3) is 6.50. The highest BCUT2D eigenvalue weighted by Gasteiger charge is 2.53. The van der Waals surface area contributed by atoms with Crippen molar-refractivity contribution < 1.29 is 13.6 Å². The molecule has 8 heteroatoms. The molecule has 4 rings (SSSR count). The molecule has 2 atom stereocenters. The van der Waals surface area contributed by atoms with Crippen molar-refractivity contribution in [3.63, 3.8) is 0 Å². The Hall–Kier alpha value is -3.79. The van der Waals surface area contributed by atoms with Crippen LogP contribution in [0, 0.1) is 0 Å². The Balaban J connectivity index is 1.83. The molecule has 0 fully saturated rings. The molecular weight excluding hydrogens is 579 g/mol. The van der Waals surface area contributed by atoms with Crippen LogP contribution in [-0.4, -0.2) is 41.7 Å². The molecule has 0 unspecified atom stereocenters. The molecule has 44 heavy (non-hydrogen) atoms. The molecular formula is C36H43N3O3Si2. The standard InChI is InChI=1S/C36H43N3O3Si2/c1-35(2,3)43(29-19-11-7-12-20-29,30-21-13-8-14-22-30)41-28-33(38-39-37)34(27-40)42-44(36(4,5)6,31-23-15-9-16-24-31)32-25-17-10-18-26-32/h7-27,33-34H,28H2,1-6H3/t33-,34+/m1/s1. The average Bonchev–Trinajstić information content (AvgIpc) is 3.02. The summed E-state index contributed by atoms with van der Waals surface area (Å²) in [5.41, 5.74) is 9.75. The van der Waals surface area contributed by atoms with Crippen molar-refractivity contribution in [3.05, 3.63) is 132 Å². The molecule has 0 spiro atoms. The number of aldehydes is 1. The zero-order chi connectivity index (χ0) is 31.8. The van der Waals surface area contributed by atoms with Gasteiger partial charge in [-0.25, -0.2) is 0 Å². The Bertz CT molecular complexity index is 1460. The van der Waals surface area contributed by atoms with E-state index in [4.69, 9.17) is 8.85 Å². The van der Waals surface area contributed by atoms with Crippen LogP contribution in [0.1, 0.15) is 41.5 Å². The van der Waals surface area contributed by atoms with Gasteiger partial charge in [-0.05, 0) is 36.4 Å². The Morgan fingerprint density at radius 1 is 0.659 bits per heavy atom. The van der Waals surface area contributed by atoms with E-state index in [0.717, 1.165) is 27.0 Å². The third-order valence-electron chi connectivity index (χ3n) is 8.33. The van der Waals surface area contributed by atoms with E-state index in [1.807, 2.05) is 72.8 Å². The van der Waals surface area contributed by atoms with Gasteiger partial charge in [0.1, 0.15) is 12.4 Å². The number of rotatable bonds is 12. The van der Waals surface area contributed by atoms with Gasteiger partial charge < -0.3 is 13.6 Å². The molecule has 0 amide bonds. The first-order valence-corrected chi connectivity index (χ1v) is 18.9. The Kier molecular flexibility index (Phi) is 10.5. The average molecular weight is 622 g/mol. The first kappa shape index (κ1) is 33.1. The molecule has 6 nitrogen and oxygen atoms in total. The minimum absolute atomic E-state index is 0.0267. The van der Waals surface area contributed by atoms with Gasteiger partial charge in [0.2, 0.25) is 0 Å². The molecule has 0 aliphatic heterocycles. The number of hydrogen-bond donors (Lipinski definition) is 0. The Morgan fingerprint density at radius 2 is 1.00 bits per heavy atom. The van der Waals surface area contributed by atoms with Crippen molar-refractivity contribution in [1.82, 2.24) is 0 Å². The van der Waals surface area contributed by atoms with Crippen LogP contribution < -0.4 is 20.7 Å². The second-order valence-electron chi connectivity index (χ2n) is 13.1. The zero-order valence-corrected chi connectivity index (χ0v) is 28.6. The lowest BCUT2D eigenvalue weighted by Crippen LogP contribution is -2.69. The van der Waals surface area contributed by atoms with Crippen LogP contribution >= 0.6 is 0 Å². The normalized spacial score (nSPS) is 13.9. The molecule has 0 aliphatic rings. The highest BCUT2D eigenvalue weighted by atomic mass is 28.4. The highest BCUT2D eigenvalue weighted by Crippen LogP contribution is 2.39. The molecule has 0 aliphatic carbocycles. The fourth-order valence-electron chi connectivity index (χ4n) is 6.32. The molecule has 0 bridgehead atoms. The summed E-state index contributed by atoms with van der Waals surface area (Å²) in [6.45, 7) is 13.1. The summed E-state index contributed by atoms with van der Waals surface area (Å²) in [6.07, 6.45) is -0.247. The maximum atomic E-state index is 13.0. The lowest BCUT2D eigenvalue weighted by molar-refractivity contribution is -0.115. The predicted octanol–water partition coefficient (Wildman–Crippen LogP) is 6.39. The molecule has 0 N–H and O–H groups in total. The summed E-state index contributed by atoms with van der Waals surface area (Å²) in [6, 6.07) is 40.0. The van der Waals surface area contributed by atoms with Crippen molar-refractivity contribution in [2.24, 2.45) is 5.11 Å². The minimum Gasteiger partial charge on any atom is -0.407 e. The van der Waals surface area contributed by atoms with E-state index in [1.165, 1.54) is 0 Å². The molecule has 0 radical (unpaired) electrons. The van der Waals surface area contributed by atoms with Gasteiger partial charge in [-0.1, -0.05) is 168 Å². The summed E-state index contributed by atoms with van der Waals surface area (Å²) >= 11 is 0. The summed E-state index contributed by atoms with van der Waals surface area (Å²) in [4.78, 5) is 16.2. The number of benzene rings is 4. The molecule has 0 heterocycles. The molecule has 0 saturated carbocycles. The van der Waals surface area contributed by atoms with Gasteiger partial charge in [0.05, 0.1) is 6.04 Å². The quantitative estimate of drug-likeness (QED) is 0.0605. The van der Waals surface area contributed by atoms with E-state index >= 15 is 0 Å². The lowest BCUT2D eigenvalue weighted by atomic mass is 10.2. The van der Waals surface area contributed by atoms with E-state index in [0.29, 0.717) is 0 Å². The van der Waals surface area contributed by atoms with Crippen molar-refractivity contribution in [3.8, 4) is 0 Å². The van der Waals surface area contributed by atoms with Gasteiger partial charge >= 0.3 is 0 Å². The first-order valence-electron chi connectivity index (χ1n) is 15.0. The Labute approximate surface area is 264 Å². The number of carbonyl (C=O) groups is 1. The monoisotopic (exact) mass is 621 g/mol. The number of carbonyl (C=O) groups excluding carboxylic acids is 1. The van der Waals surface area contributed by atoms with Crippen molar-refractivity contribution in [1.29, 1.82) is 0 Å². The summed E-state index contributed by atoms with van der Waals surface area (Å²) < 4.78 is 14.3. The molecule has 4 aromatic carbocycles. The predicted molar refractivity (Wildman–Crippen MR) is 185 cm³/mol. The largest absolute Gasteiger partial charge is 0.407 e. The minimum atomic E-state index is -3.12. The zero-order valence-electron chi connectivity index (χ0n) is 26.6. The molecule has 0 aromatic heterocycles. The van der Waals surface area contributed by atoms with E-state index in [9.17, 15) is 10.3 Å². The van der Waals surface area contributed by atoms with Crippen molar-refractivity contribution in [2.45, 2.75) is 63.8 Å². The van der Waals surface area contributed by atoms with Gasteiger partial charge in [-0.2, -0.15) is 0 Å². The van der Waals surface area contributed by atoms with E-state index in [-0.39, 0.29) is 16.7 Å². The fraction of sp³-hybridized carbons (Fsp3) is 0.306. The van der Waals surface area contributed by atoms with Crippen LogP contribution in [0.5, 0.6) is 0 Å². The SMILES string of the molecule is CC(C)(C)[Si](OC[C@@H](N=[N+]=[N-])[C@H](C=O)O[Si](c1ccccc1)(c1ccccc1)C(C)(C)C)(c1ccccc1)c1ccccc1. The van der Waals surface area contributed by atoms with Gasteiger partial charge in [0.25, 0.3) is 16.6 Å². The van der Waals surface area contributed by atoms with E-state index < -0.39 is 28.8 Å². The summed E-state index contributed by atoms with van der Waals surface area (Å²) in [7, 11) is -6.09. The second kappa shape index (κ2) is 13.9. The van der Waals surface area contributed by atoms with Crippen LogP contribution in [0.2, 0.25) is 10.1 Å². The number of nitrogens with zero attached hydrogens (tertiary/aromatic N) is 3. The van der Waals surface area contributed by atoms with E-state index in [1.54, 1.807) is 0 Å². The number of hydrogen-bond acceptors (Lipinski definition) is 4. The van der Waals surface area contributed by atoms with Gasteiger partial charge in [0, 0.05) is 11.5 Å². The lowest BCUT2D eigenvalue weighted by Gasteiger charge is -2.46. The third-order valence-corrected chi connectivity index (χ3v) is 18.4. The van der Waals surface area contributed by atoms with Crippen LogP contribution in [0.15, 0.2) is 126 Å². The Morgan fingerprint density at radius 3 is 1.30 bits per heavy atom. The van der Waals surface area contributed by atoms with Crippen LogP contribution in [0.3, 0.4) is 0 Å². The molecule has 4 aromatic rings. The van der Waals surface area contributed by atoms with Gasteiger partial charge in [-0.3, -0.25) is 0 Å². The topological polar surface area (TPSA) is 84.3 Å². The maximum absolute atomic E-state index is 13.0. The second-order valence-corrected chi connectivity index (χ2v) is 21.7. The summed E-state index contributed by atoms with van der Waals surface area (Å²) in [5.74, 6) is 0. The maximum Gasteiger partial charge on any atom is 0.262 e. The molecule has 0 saturated heterocycles. The smallest absolute Gasteiger partial charge is 0.262 e. The summed E-state index contributed by atoms with van der Waals surface area (Å²) in [5, 5.41) is 7.81. The van der Waals surface area contributed by atoms with Crippen molar-refractivity contribution >= 4 is 43.7 Å². The van der Waals surface area contributed by atoms with E-state index in [2.05, 4.69) is 100 Å². The van der Waals surface area contributed by atoms with Crippen molar-refractivity contribution in [2.75, 3.05) is 6.61 Å². The van der Waals surface area contributed by atoms with Gasteiger partial charge in [-0.15, -0.1) is 0 Å². The van der Waals surface area contributed by atoms with Crippen LogP contribution in [0.4, 0.5) is 0 Å². The van der Waals surface area contributed by atoms with Gasteiger partial charge in [0.15, 0.2) is 0 Å². The van der Waals surface area contributed by atoms with Crippen LogP contribution in [0.25, 0.3) is 10.4 Å². The molecule has 228 valence electrons. The fourth-order valence-corrected chi connectivity index (χ4v) is 15.5. The number of azide groups is 1. The van der Waals surface area contributed by atoms with Crippen LogP contribution in [-0.2, 0) is 13.6 Å².